The van der Waals surface area contributed by atoms with Gasteiger partial charge in [0.1, 0.15) is 5.82 Å². The smallest absolute Gasteiger partial charge is 0.110 e. The molecule has 2 aromatic carbocycles. The first-order valence-electron chi connectivity index (χ1n) is 7.83. The second-order valence-electron chi connectivity index (χ2n) is 6.15. The Labute approximate surface area is 132 Å². The number of nitrogens with zero attached hydrogens (tertiary/aromatic N) is 2. The van der Waals surface area contributed by atoms with Crippen molar-refractivity contribution in [3.8, 4) is 0 Å². The average Bonchev–Trinajstić information content (AvgIpc) is 2.84. The van der Waals surface area contributed by atoms with Crippen molar-refractivity contribution in [3.63, 3.8) is 0 Å². The van der Waals surface area contributed by atoms with Crippen LogP contribution in [-0.4, -0.2) is 9.55 Å². The van der Waals surface area contributed by atoms with Crippen LogP contribution < -0.4 is 0 Å². The number of rotatable bonds is 5. The Morgan fingerprint density at radius 1 is 1.14 bits per heavy atom. The molecule has 3 aromatic rings. The van der Waals surface area contributed by atoms with Gasteiger partial charge in [-0.3, -0.25) is 0 Å². The molecule has 1 aromatic heterocycles. The highest BCUT2D eigenvalue weighted by molar-refractivity contribution is 5.79. The summed E-state index contributed by atoms with van der Waals surface area (Å²) in [4.78, 5) is 4.87. The van der Waals surface area contributed by atoms with Gasteiger partial charge < -0.3 is 4.57 Å². The van der Waals surface area contributed by atoms with Crippen LogP contribution in [0.5, 0.6) is 0 Å². The van der Waals surface area contributed by atoms with E-state index in [1.165, 1.54) is 11.1 Å². The van der Waals surface area contributed by atoms with E-state index in [4.69, 9.17) is 4.98 Å². The van der Waals surface area contributed by atoms with Gasteiger partial charge in [0, 0.05) is 13.0 Å². The number of hydrogen-bond acceptors (Lipinski definition) is 1. The SMILES string of the molecule is C=Cc1ccc2c(c1)nc(CC(C)C)n2Cc1ccccc1. The molecule has 0 spiro atoms. The molecule has 2 heteroatoms. The summed E-state index contributed by atoms with van der Waals surface area (Å²) in [6.45, 7) is 9.19. The van der Waals surface area contributed by atoms with Gasteiger partial charge in [0.2, 0.25) is 0 Å². The maximum absolute atomic E-state index is 4.87. The first-order chi connectivity index (χ1) is 10.7. The van der Waals surface area contributed by atoms with Crippen LogP contribution in [0.25, 0.3) is 17.1 Å². The molecule has 0 saturated heterocycles. The molecular formula is C20H22N2. The predicted octanol–water partition coefficient (Wildman–Crippen LogP) is 4.93. The summed E-state index contributed by atoms with van der Waals surface area (Å²) < 4.78 is 2.34. The lowest BCUT2D eigenvalue weighted by Gasteiger charge is -2.11. The summed E-state index contributed by atoms with van der Waals surface area (Å²) in [5, 5.41) is 0. The van der Waals surface area contributed by atoms with E-state index >= 15 is 0 Å². The normalized spacial score (nSPS) is 11.2. The zero-order valence-electron chi connectivity index (χ0n) is 13.3. The third kappa shape index (κ3) is 2.96. The number of imidazole rings is 1. The van der Waals surface area contributed by atoms with Gasteiger partial charge in [-0.25, -0.2) is 4.98 Å². The van der Waals surface area contributed by atoms with Crippen LogP contribution in [0.15, 0.2) is 55.1 Å². The van der Waals surface area contributed by atoms with Crippen molar-refractivity contribution in [3.05, 3.63) is 72.1 Å². The average molecular weight is 290 g/mol. The summed E-state index contributed by atoms with van der Waals surface area (Å²) in [7, 11) is 0. The van der Waals surface area contributed by atoms with Crippen molar-refractivity contribution in [2.75, 3.05) is 0 Å². The lowest BCUT2D eigenvalue weighted by atomic mass is 10.1. The van der Waals surface area contributed by atoms with E-state index in [9.17, 15) is 0 Å². The third-order valence-corrected chi connectivity index (χ3v) is 3.86. The van der Waals surface area contributed by atoms with Crippen LogP contribution in [0.1, 0.15) is 30.8 Å². The quantitative estimate of drug-likeness (QED) is 0.651. The third-order valence-electron chi connectivity index (χ3n) is 3.86. The topological polar surface area (TPSA) is 17.8 Å². The largest absolute Gasteiger partial charge is 0.323 e. The molecule has 0 saturated carbocycles. The van der Waals surface area contributed by atoms with Gasteiger partial charge in [-0.05, 0) is 29.2 Å². The van der Waals surface area contributed by atoms with Crippen molar-refractivity contribution in [2.24, 2.45) is 5.92 Å². The molecule has 0 amide bonds. The predicted molar refractivity (Wildman–Crippen MR) is 93.9 cm³/mol. The Morgan fingerprint density at radius 2 is 1.91 bits per heavy atom. The number of aromatic nitrogens is 2. The molecule has 3 rings (SSSR count). The molecule has 1 heterocycles. The van der Waals surface area contributed by atoms with E-state index in [0.717, 1.165) is 29.9 Å². The molecule has 22 heavy (non-hydrogen) atoms. The molecule has 0 aliphatic rings. The fourth-order valence-corrected chi connectivity index (χ4v) is 2.79. The zero-order valence-corrected chi connectivity index (χ0v) is 13.3. The van der Waals surface area contributed by atoms with Crippen LogP contribution in [0.4, 0.5) is 0 Å². The molecule has 0 aliphatic heterocycles. The van der Waals surface area contributed by atoms with E-state index in [2.05, 4.69) is 73.5 Å². The van der Waals surface area contributed by atoms with Gasteiger partial charge in [-0.1, -0.05) is 62.9 Å². The Kier molecular flexibility index (Phi) is 4.10. The fourth-order valence-electron chi connectivity index (χ4n) is 2.79. The Bertz CT molecular complexity index is 782. The van der Waals surface area contributed by atoms with Gasteiger partial charge in [-0.15, -0.1) is 0 Å². The summed E-state index contributed by atoms with van der Waals surface area (Å²) in [5.41, 5.74) is 4.68. The molecule has 0 atom stereocenters. The molecule has 0 unspecified atom stereocenters. The zero-order chi connectivity index (χ0) is 15.5. The lowest BCUT2D eigenvalue weighted by Crippen LogP contribution is -2.08. The maximum atomic E-state index is 4.87. The second-order valence-corrected chi connectivity index (χ2v) is 6.15. The molecule has 112 valence electrons. The van der Waals surface area contributed by atoms with Crippen molar-refractivity contribution in [1.82, 2.24) is 9.55 Å². The second kappa shape index (κ2) is 6.18. The highest BCUT2D eigenvalue weighted by Gasteiger charge is 2.12. The molecule has 2 nitrogen and oxygen atoms in total. The monoisotopic (exact) mass is 290 g/mol. The first-order valence-corrected chi connectivity index (χ1v) is 7.83. The van der Waals surface area contributed by atoms with Crippen LogP contribution in [0.2, 0.25) is 0 Å². The highest BCUT2D eigenvalue weighted by atomic mass is 15.1. The van der Waals surface area contributed by atoms with E-state index < -0.39 is 0 Å². The van der Waals surface area contributed by atoms with E-state index in [1.54, 1.807) is 0 Å². The molecule has 0 fully saturated rings. The summed E-state index contributed by atoms with van der Waals surface area (Å²) >= 11 is 0. The Hall–Kier alpha value is -2.35. The maximum Gasteiger partial charge on any atom is 0.110 e. The highest BCUT2D eigenvalue weighted by Crippen LogP contribution is 2.22. The van der Waals surface area contributed by atoms with Crippen molar-refractivity contribution in [1.29, 1.82) is 0 Å². The van der Waals surface area contributed by atoms with Gasteiger partial charge >= 0.3 is 0 Å². The minimum Gasteiger partial charge on any atom is -0.323 e. The van der Waals surface area contributed by atoms with Crippen LogP contribution in [0, 0.1) is 5.92 Å². The fraction of sp³-hybridized carbons (Fsp3) is 0.250. The summed E-state index contributed by atoms with van der Waals surface area (Å²) in [6.07, 6.45) is 2.86. The molecule has 0 N–H and O–H groups in total. The minimum atomic E-state index is 0.588. The lowest BCUT2D eigenvalue weighted by molar-refractivity contribution is 0.595. The number of benzene rings is 2. The number of hydrogen-bond donors (Lipinski definition) is 0. The standard InChI is InChI=1S/C20H22N2/c1-4-16-10-11-19-18(13-16)21-20(12-15(2)3)22(19)14-17-8-6-5-7-9-17/h4-11,13,15H,1,12,14H2,2-3H3. The first kappa shape index (κ1) is 14.6. The summed E-state index contributed by atoms with van der Waals surface area (Å²) in [6, 6.07) is 17.0. The van der Waals surface area contributed by atoms with Crippen LogP contribution >= 0.6 is 0 Å². The molecule has 0 radical (unpaired) electrons. The van der Waals surface area contributed by atoms with Gasteiger partial charge in [0.05, 0.1) is 11.0 Å². The number of fused-ring (bicyclic) bond motifs is 1. The van der Waals surface area contributed by atoms with Gasteiger partial charge in [0.25, 0.3) is 0 Å². The van der Waals surface area contributed by atoms with Gasteiger partial charge in [0.15, 0.2) is 0 Å². The van der Waals surface area contributed by atoms with E-state index in [0.29, 0.717) is 5.92 Å². The van der Waals surface area contributed by atoms with Crippen molar-refractivity contribution >= 4 is 17.1 Å². The molecule has 0 aliphatic carbocycles. The van der Waals surface area contributed by atoms with E-state index in [-0.39, 0.29) is 0 Å². The minimum absolute atomic E-state index is 0.588. The van der Waals surface area contributed by atoms with Gasteiger partial charge in [-0.2, -0.15) is 0 Å². The van der Waals surface area contributed by atoms with Crippen LogP contribution in [-0.2, 0) is 13.0 Å². The molecular weight excluding hydrogens is 268 g/mol. The van der Waals surface area contributed by atoms with E-state index in [1.807, 2.05) is 6.08 Å². The molecule has 0 bridgehead atoms. The van der Waals surface area contributed by atoms with Crippen LogP contribution in [0.3, 0.4) is 0 Å². The van der Waals surface area contributed by atoms with Crippen molar-refractivity contribution in [2.45, 2.75) is 26.8 Å². The van der Waals surface area contributed by atoms with Crippen molar-refractivity contribution < 1.29 is 0 Å². The Balaban J connectivity index is 2.09. The Morgan fingerprint density at radius 3 is 2.59 bits per heavy atom. The summed E-state index contributed by atoms with van der Waals surface area (Å²) in [5.74, 6) is 1.75.